The fourth-order valence-electron chi connectivity index (χ4n) is 2.71. The van der Waals surface area contributed by atoms with Crippen LogP contribution in [0.4, 0.5) is 4.39 Å². The number of halogens is 1. The van der Waals surface area contributed by atoms with Gasteiger partial charge in [-0.2, -0.15) is 10.2 Å². The first-order chi connectivity index (χ1) is 11.9. The molecule has 3 rings (SSSR count). The number of aromatic nitrogens is 4. The first-order valence-corrected chi connectivity index (χ1v) is 8.06. The number of rotatable bonds is 5. The molecule has 0 aliphatic rings. The van der Waals surface area contributed by atoms with Gasteiger partial charge in [0.2, 0.25) is 0 Å². The summed E-state index contributed by atoms with van der Waals surface area (Å²) in [5.74, 6) is -0.664. The highest BCUT2D eigenvalue weighted by Gasteiger charge is 2.16. The molecular weight excluding hydrogens is 321 g/mol. The summed E-state index contributed by atoms with van der Waals surface area (Å²) in [4.78, 5) is 12.4. The Morgan fingerprint density at radius 3 is 2.76 bits per heavy atom. The Hall–Kier alpha value is -2.96. The maximum atomic E-state index is 13.8. The molecule has 1 atom stereocenters. The zero-order valence-corrected chi connectivity index (χ0v) is 14.4. The lowest BCUT2D eigenvalue weighted by Gasteiger charge is -2.14. The molecule has 7 heteroatoms. The molecule has 0 saturated heterocycles. The van der Waals surface area contributed by atoms with E-state index in [0.29, 0.717) is 23.5 Å². The second-order valence-electron chi connectivity index (χ2n) is 6.13. The van der Waals surface area contributed by atoms with Gasteiger partial charge >= 0.3 is 0 Å². The van der Waals surface area contributed by atoms with Crippen molar-refractivity contribution in [1.82, 2.24) is 25.3 Å². The Labute approximate surface area is 145 Å². The van der Waals surface area contributed by atoms with Crippen LogP contribution in [0.3, 0.4) is 0 Å². The molecule has 25 heavy (non-hydrogen) atoms. The van der Waals surface area contributed by atoms with Crippen molar-refractivity contribution >= 4 is 5.91 Å². The number of aromatic amines is 1. The summed E-state index contributed by atoms with van der Waals surface area (Å²) in [7, 11) is 0. The van der Waals surface area contributed by atoms with Crippen LogP contribution in [0.1, 0.15) is 28.8 Å². The van der Waals surface area contributed by atoms with Crippen LogP contribution < -0.4 is 5.32 Å². The molecule has 6 nitrogen and oxygen atoms in total. The summed E-state index contributed by atoms with van der Waals surface area (Å²) in [6.07, 6.45) is 0. The van der Waals surface area contributed by atoms with Crippen LogP contribution in [0.25, 0.3) is 11.3 Å². The van der Waals surface area contributed by atoms with Crippen molar-refractivity contribution < 1.29 is 9.18 Å². The maximum Gasteiger partial charge on any atom is 0.269 e. The first-order valence-electron chi connectivity index (χ1n) is 8.06. The van der Waals surface area contributed by atoms with Gasteiger partial charge in [-0.1, -0.05) is 12.1 Å². The number of aryl methyl sites for hydroxylation is 2. The quantitative estimate of drug-likeness (QED) is 0.749. The first kappa shape index (κ1) is 16.9. The molecule has 3 aromatic rings. The number of amides is 1. The molecule has 0 saturated carbocycles. The monoisotopic (exact) mass is 341 g/mol. The second kappa shape index (κ2) is 6.88. The van der Waals surface area contributed by atoms with E-state index < -0.39 is 0 Å². The van der Waals surface area contributed by atoms with Crippen molar-refractivity contribution in [2.75, 3.05) is 0 Å². The number of carbonyl (C=O) groups excluding carboxylic acids is 1. The fraction of sp³-hybridized carbons (Fsp3) is 0.278. The third kappa shape index (κ3) is 3.76. The Morgan fingerprint density at radius 1 is 1.32 bits per heavy atom. The molecule has 0 unspecified atom stereocenters. The molecular formula is C18H20FN5O. The van der Waals surface area contributed by atoms with E-state index in [1.807, 2.05) is 31.5 Å². The number of carbonyl (C=O) groups is 1. The van der Waals surface area contributed by atoms with Gasteiger partial charge in [0.1, 0.15) is 11.5 Å². The largest absolute Gasteiger partial charge is 0.346 e. The standard InChI is InChI=1S/C18H20FN5O/c1-11-8-13(3)24(23-11)10-12(2)20-18(25)17-9-16(21-22-17)14-6-4-5-7-15(14)19/h4-9,12H,10H2,1-3H3,(H,20,25)(H,21,22)/t12-/m0/s1. The molecule has 1 aromatic carbocycles. The van der Waals surface area contributed by atoms with E-state index >= 15 is 0 Å². The molecule has 0 aliphatic heterocycles. The molecule has 0 bridgehead atoms. The zero-order chi connectivity index (χ0) is 18.0. The highest BCUT2D eigenvalue weighted by molar-refractivity contribution is 5.93. The molecule has 0 fully saturated rings. The molecule has 130 valence electrons. The fourth-order valence-corrected chi connectivity index (χ4v) is 2.71. The van der Waals surface area contributed by atoms with Gasteiger partial charge < -0.3 is 5.32 Å². The molecule has 0 aliphatic carbocycles. The number of nitrogens with one attached hydrogen (secondary N) is 2. The van der Waals surface area contributed by atoms with Gasteiger partial charge in [0.15, 0.2) is 0 Å². The SMILES string of the molecule is Cc1cc(C)n(C[C@H](C)NC(=O)c2cc(-c3ccccc3F)n[nH]2)n1. The summed E-state index contributed by atoms with van der Waals surface area (Å²) < 4.78 is 15.7. The maximum absolute atomic E-state index is 13.8. The van der Waals surface area contributed by atoms with Gasteiger partial charge in [0.25, 0.3) is 5.91 Å². The molecule has 1 amide bonds. The second-order valence-corrected chi connectivity index (χ2v) is 6.13. The minimum atomic E-state index is -0.376. The average Bonchev–Trinajstić information content (AvgIpc) is 3.15. The van der Waals surface area contributed by atoms with E-state index in [4.69, 9.17) is 0 Å². The molecule has 2 aromatic heterocycles. The number of benzene rings is 1. The van der Waals surface area contributed by atoms with E-state index in [1.165, 1.54) is 6.07 Å². The minimum Gasteiger partial charge on any atom is -0.346 e. The minimum absolute atomic E-state index is 0.120. The van der Waals surface area contributed by atoms with Gasteiger partial charge in [-0.25, -0.2) is 4.39 Å². The van der Waals surface area contributed by atoms with E-state index in [-0.39, 0.29) is 17.8 Å². The molecule has 2 N–H and O–H groups in total. The number of nitrogens with zero attached hydrogens (tertiary/aromatic N) is 3. The predicted octanol–water partition coefficient (Wildman–Crippen LogP) is 2.85. The third-order valence-electron chi connectivity index (χ3n) is 3.90. The van der Waals surface area contributed by atoms with Gasteiger partial charge in [0.05, 0.1) is 17.9 Å². The summed E-state index contributed by atoms with van der Waals surface area (Å²) in [5, 5.41) is 14.0. The molecule has 0 spiro atoms. The van der Waals surface area contributed by atoms with E-state index in [2.05, 4.69) is 20.6 Å². The van der Waals surface area contributed by atoms with Crippen molar-refractivity contribution in [3.63, 3.8) is 0 Å². The topological polar surface area (TPSA) is 75.6 Å². The number of hydrogen-bond acceptors (Lipinski definition) is 3. The molecule has 2 heterocycles. The van der Waals surface area contributed by atoms with E-state index in [0.717, 1.165) is 11.4 Å². The van der Waals surface area contributed by atoms with Crippen molar-refractivity contribution in [3.8, 4) is 11.3 Å². The van der Waals surface area contributed by atoms with Crippen LogP contribution >= 0.6 is 0 Å². The highest BCUT2D eigenvalue weighted by atomic mass is 19.1. The summed E-state index contributed by atoms with van der Waals surface area (Å²) >= 11 is 0. The van der Waals surface area contributed by atoms with Gasteiger partial charge in [0, 0.05) is 17.3 Å². The van der Waals surface area contributed by atoms with Crippen molar-refractivity contribution in [2.24, 2.45) is 0 Å². The molecule has 0 radical (unpaired) electrons. The van der Waals surface area contributed by atoms with Crippen LogP contribution in [0.15, 0.2) is 36.4 Å². The Balaban J connectivity index is 1.67. The lowest BCUT2D eigenvalue weighted by Crippen LogP contribution is -2.36. The Kier molecular flexibility index (Phi) is 4.65. The summed E-state index contributed by atoms with van der Waals surface area (Å²) in [5.41, 5.74) is 3.03. The van der Waals surface area contributed by atoms with Crippen LogP contribution in [0.5, 0.6) is 0 Å². The Bertz CT molecular complexity index is 899. The van der Waals surface area contributed by atoms with E-state index in [9.17, 15) is 9.18 Å². The van der Waals surface area contributed by atoms with Crippen molar-refractivity contribution in [1.29, 1.82) is 0 Å². The lowest BCUT2D eigenvalue weighted by atomic mass is 10.1. The van der Waals surface area contributed by atoms with Crippen LogP contribution in [0.2, 0.25) is 0 Å². The van der Waals surface area contributed by atoms with Crippen LogP contribution in [-0.2, 0) is 6.54 Å². The summed E-state index contributed by atoms with van der Waals surface area (Å²) in [6, 6.07) is 9.74. The van der Waals surface area contributed by atoms with Gasteiger partial charge in [-0.15, -0.1) is 0 Å². The number of H-pyrrole nitrogens is 1. The number of hydrogen-bond donors (Lipinski definition) is 2. The van der Waals surface area contributed by atoms with Crippen molar-refractivity contribution in [3.05, 3.63) is 59.3 Å². The van der Waals surface area contributed by atoms with Crippen LogP contribution in [-0.4, -0.2) is 31.9 Å². The predicted molar refractivity (Wildman–Crippen MR) is 92.6 cm³/mol. The van der Waals surface area contributed by atoms with Gasteiger partial charge in [-0.05, 0) is 45.0 Å². The highest BCUT2D eigenvalue weighted by Crippen LogP contribution is 2.20. The van der Waals surface area contributed by atoms with Gasteiger partial charge in [-0.3, -0.25) is 14.6 Å². The summed E-state index contributed by atoms with van der Waals surface area (Å²) in [6.45, 7) is 6.38. The average molecular weight is 341 g/mol. The zero-order valence-electron chi connectivity index (χ0n) is 14.4. The smallest absolute Gasteiger partial charge is 0.269 e. The third-order valence-corrected chi connectivity index (χ3v) is 3.90. The Morgan fingerprint density at radius 2 is 2.08 bits per heavy atom. The van der Waals surface area contributed by atoms with Crippen LogP contribution in [0, 0.1) is 19.7 Å². The van der Waals surface area contributed by atoms with Crippen molar-refractivity contribution in [2.45, 2.75) is 33.4 Å². The lowest BCUT2D eigenvalue weighted by molar-refractivity contribution is 0.0930. The normalized spacial score (nSPS) is 12.2. The van der Waals surface area contributed by atoms with E-state index in [1.54, 1.807) is 24.3 Å².